The predicted octanol–water partition coefficient (Wildman–Crippen LogP) is 3.61. The van der Waals surface area contributed by atoms with Crippen LogP contribution in [0.1, 0.15) is 43.1 Å². The van der Waals surface area contributed by atoms with Crippen LogP contribution >= 0.6 is 0 Å². The Hall–Kier alpha value is -1.35. The lowest BCUT2D eigenvalue weighted by Crippen LogP contribution is -2.14. The van der Waals surface area contributed by atoms with Gasteiger partial charge in [0.25, 0.3) is 0 Å². The lowest BCUT2D eigenvalue weighted by atomic mass is 10.1. The molecule has 1 N–H and O–H groups in total. The van der Waals surface area contributed by atoms with E-state index in [1.165, 1.54) is 41.7 Å². The molecule has 0 bridgehead atoms. The smallest absolute Gasteiger partial charge is 0.111 e. The summed E-state index contributed by atoms with van der Waals surface area (Å²) in [5, 5.41) is 3.22. The Bertz CT molecular complexity index is 569. The number of imidazole rings is 1. The van der Waals surface area contributed by atoms with Crippen molar-refractivity contribution in [2.75, 3.05) is 13.6 Å². The van der Waals surface area contributed by atoms with Gasteiger partial charge in [-0.05, 0) is 50.6 Å². The van der Waals surface area contributed by atoms with Gasteiger partial charge in [0.05, 0.1) is 11.0 Å². The summed E-state index contributed by atoms with van der Waals surface area (Å²) in [7, 11) is 2.00. The molecule has 0 saturated carbocycles. The highest BCUT2D eigenvalue weighted by atomic mass is 15.1. The number of benzene rings is 1. The minimum absolute atomic E-state index is 0.981. The van der Waals surface area contributed by atoms with Crippen LogP contribution in [-0.4, -0.2) is 23.1 Å². The van der Waals surface area contributed by atoms with Crippen molar-refractivity contribution < 1.29 is 0 Å². The van der Waals surface area contributed by atoms with Crippen LogP contribution in [-0.2, 0) is 13.0 Å². The Morgan fingerprint density at radius 3 is 2.60 bits per heavy atom. The number of hydrogen-bond acceptors (Lipinski definition) is 2. The number of nitrogens with one attached hydrogen (secondary N) is 1. The highest BCUT2D eigenvalue weighted by Crippen LogP contribution is 2.22. The summed E-state index contributed by atoms with van der Waals surface area (Å²) in [4.78, 5) is 4.85. The quantitative estimate of drug-likeness (QED) is 0.781. The molecular formula is C17H27N3. The number of nitrogens with zero attached hydrogens (tertiary/aromatic N) is 2. The summed E-state index contributed by atoms with van der Waals surface area (Å²) in [5.41, 5.74) is 5.14. The standard InChI is InChI=1S/C17H27N3/c1-5-6-7-10-20-16-12-14(3)13(2)11-15(16)19-17(20)8-9-18-4/h11-12,18H,5-10H2,1-4H3. The molecule has 0 aliphatic heterocycles. The Morgan fingerprint density at radius 2 is 1.90 bits per heavy atom. The molecule has 0 aliphatic carbocycles. The fourth-order valence-corrected chi connectivity index (χ4v) is 2.63. The molecule has 0 spiro atoms. The molecule has 20 heavy (non-hydrogen) atoms. The molecule has 1 aromatic carbocycles. The molecule has 0 fully saturated rings. The minimum Gasteiger partial charge on any atom is -0.328 e. The number of likely N-dealkylation sites (N-methyl/N-ethyl adjacent to an activating group) is 1. The summed E-state index contributed by atoms with van der Waals surface area (Å²) >= 11 is 0. The zero-order valence-electron chi connectivity index (χ0n) is 13.3. The largest absolute Gasteiger partial charge is 0.328 e. The maximum Gasteiger partial charge on any atom is 0.111 e. The monoisotopic (exact) mass is 273 g/mol. The maximum atomic E-state index is 4.85. The van der Waals surface area contributed by atoms with E-state index < -0.39 is 0 Å². The van der Waals surface area contributed by atoms with Gasteiger partial charge in [-0.2, -0.15) is 0 Å². The van der Waals surface area contributed by atoms with Gasteiger partial charge in [0.1, 0.15) is 5.82 Å². The van der Waals surface area contributed by atoms with E-state index >= 15 is 0 Å². The number of rotatable bonds is 7. The van der Waals surface area contributed by atoms with Crippen molar-refractivity contribution in [2.24, 2.45) is 0 Å². The maximum absolute atomic E-state index is 4.85. The molecule has 0 amide bonds. The number of aryl methyl sites for hydroxylation is 3. The van der Waals surface area contributed by atoms with Gasteiger partial charge in [-0.15, -0.1) is 0 Å². The van der Waals surface area contributed by atoms with Crippen LogP contribution in [0, 0.1) is 13.8 Å². The van der Waals surface area contributed by atoms with E-state index in [0.29, 0.717) is 0 Å². The van der Waals surface area contributed by atoms with Crippen molar-refractivity contribution in [3.05, 3.63) is 29.1 Å². The second kappa shape index (κ2) is 6.89. The van der Waals surface area contributed by atoms with Crippen molar-refractivity contribution in [3.63, 3.8) is 0 Å². The van der Waals surface area contributed by atoms with Crippen molar-refractivity contribution in [3.8, 4) is 0 Å². The van der Waals surface area contributed by atoms with Crippen molar-refractivity contribution in [1.82, 2.24) is 14.9 Å². The zero-order chi connectivity index (χ0) is 14.5. The van der Waals surface area contributed by atoms with Crippen LogP contribution in [0.15, 0.2) is 12.1 Å². The highest BCUT2D eigenvalue weighted by molar-refractivity contribution is 5.78. The van der Waals surface area contributed by atoms with Gasteiger partial charge >= 0.3 is 0 Å². The van der Waals surface area contributed by atoms with Gasteiger partial charge in [-0.3, -0.25) is 0 Å². The van der Waals surface area contributed by atoms with Crippen LogP contribution in [0.5, 0.6) is 0 Å². The molecule has 1 aromatic heterocycles. The fourth-order valence-electron chi connectivity index (χ4n) is 2.63. The van der Waals surface area contributed by atoms with Crippen molar-refractivity contribution in [1.29, 1.82) is 0 Å². The summed E-state index contributed by atoms with van der Waals surface area (Å²) < 4.78 is 2.43. The third-order valence-electron chi connectivity index (χ3n) is 4.03. The number of unbranched alkanes of at least 4 members (excludes halogenated alkanes) is 2. The molecule has 0 saturated heterocycles. The normalized spacial score (nSPS) is 11.4. The van der Waals surface area contributed by atoms with Gasteiger partial charge in [-0.25, -0.2) is 4.98 Å². The molecule has 0 atom stereocenters. The van der Waals surface area contributed by atoms with Crippen molar-refractivity contribution >= 4 is 11.0 Å². The second-order valence-corrected chi connectivity index (χ2v) is 5.67. The summed E-state index contributed by atoms with van der Waals surface area (Å²) in [6.07, 6.45) is 4.78. The van der Waals surface area contributed by atoms with Crippen LogP contribution < -0.4 is 5.32 Å². The van der Waals surface area contributed by atoms with Crippen LogP contribution in [0.3, 0.4) is 0 Å². The van der Waals surface area contributed by atoms with Gasteiger partial charge in [0, 0.05) is 19.5 Å². The zero-order valence-corrected chi connectivity index (χ0v) is 13.3. The van der Waals surface area contributed by atoms with E-state index in [9.17, 15) is 0 Å². The Balaban J connectivity index is 2.38. The van der Waals surface area contributed by atoms with E-state index in [1.54, 1.807) is 0 Å². The third-order valence-corrected chi connectivity index (χ3v) is 4.03. The lowest BCUT2D eigenvalue weighted by molar-refractivity contribution is 0.585. The molecule has 3 heteroatoms. The fraction of sp³-hybridized carbons (Fsp3) is 0.588. The molecular weight excluding hydrogens is 246 g/mol. The molecule has 1 heterocycles. The minimum atomic E-state index is 0.981. The molecule has 2 aromatic rings. The number of aromatic nitrogens is 2. The highest BCUT2D eigenvalue weighted by Gasteiger charge is 2.11. The van der Waals surface area contributed by atoms with Gasteiger partial charge < -0.3 is 9.88 Å². The van der Waals surface area contributed by atoms with Crippen LogP contribution in [0.2, 0.25) is 0 Å². The summed E-state index contributed by atoms with van der Waals surface area (Å²) in [5.74, 6) is 1.22. The van der Waals surface area contributed by atoms with Gasteiger partial charge in [-0.1, -0.05) is 19.8 Å². The van der Waals surface area contributed by atoms with E-state index in [2.05, 4.69) is 42.8 Å². The molecule has 0 aliphatic rings. The third kappa shape index (κ3) is 3.21. The lowest BCUT2D eigenvalue weighted by Gasteiger charge is -2.09. The predicted molar refractivity (Wildman–Crippen MR) is 86.4 cm³/mol. The SMILES string of the molecule is CCCCCn1c(CCNC)nc2cc(C)c(C)cc21. The number of fused-ring (bicyclic) bond motifs is 1. The average Bonchev–Trinajstić information content (AvgIpc) is 2.75. The van der Waals surface area contributed by atoms with E-state index in [1.807, 2.05) is 7.05 Å². The van der Waals surface area contributed by atoms with Gasteiger partial charge in [0.15, 0.2) is 0 Å². The van der Waals surface area contributed by atoms with E-state index in [0.717, 1.165) is 25.0 Å². The second-order valence-electron chi connectivity index (χ2n) is 5.67. The first kappa shape index (κ1) is 15.0. The molecule has 0 unspecified atom stereocenters. The topological polar surface area (TPSA) is 29.9 Å². The first-order valence-electron chi connectivity index (χ1n) is 7.78. The van der Waals surface area contributed by atoms with Crippen molar-refractivity contribution in [2.45, 2.75) is 53.0 Å². The van der Waals surface area contributed by atoms with E-state index in [4.69, 9.17) is 4.98 Å². The Morgan fingerprint density at radius 1 is 1.15 bits per heavy atom. The average molecular weight is 273 g/mol. The van der Waals surface area contributed by atoms with Gasteiger partial charge in [0.2, 0.25) is 0 Å². The summed E-state index contributed by atoms with van der Waals surface area (Å²) in [6, 6.07) is 4.52. The first-order valence-corrected chi connectivity index (χ1v) is 7.78. The number of hydrogen-bond donors (Lipinski definition) is 1. The Kier molecular flexibility index (Phi) is 5.18. The molecule has 110 valence electrons. The first-order chi connectivity index (χ1) is 9.67. The Labute approximate surface area is 122 Å². The van der Waals surface area contributed by atoms with Crippen LogP contribution in [0.25, 0.3) is 11.0 Å². The summed E-state index contributed by atoms with van der Waals surface area (Å²) in [6.45, 7) is 8.67. The van der Waals surface area contributed by atoms with Crippen LogP contribution in [0.4, 0.5) is 0 Å². The molecule has 3 nitrogen and oxygen atoms in total. The molecule has 0 radical (unpaired) electrons. The molecule has 2 rings (SSSR count). The van der Waals surface area contributed by atoms with E-state index in [-0.39, 0.29) is 0 Å².